The normalized spacial score (nSPS) is 11.0. The maximum absolute atomic E-state index is 5.88. The Bertz CT molecular complexity index is 891. The lowest BCUT2D eigenvalue weighted by Crippen LogP contribution is -1.94. The van der Waals surface area contributed by atoms with Crippen molar-refractivity contribution in [3.8, 4) is 5.75 Å². The van der Waals surface area contributed by atoms with Gasteiger partial charge in [-0.1, -0.05) is 48.5 Å². The number of benzene rings is 3. The number of furan rings is 1. The van der Waals surface area contributed by atoms with E-state index in [-0.39, 0.29) is 0 Å². The second-order valence-electron chi connectivity index (χ2n) is 5.03. The van der Waals surface area contributed by atoms with Crippen molar-refractivity contribution in [2.45, 2.75) is 6.61 Å². The first kappa shape index (κ1) is 12.0. The Morgan fingerprint density at radius 2 is 1.48 bits per heavy atom. The predicted octanol–water partition coefficient (Wildman–Crippen LogP) is 5.17. The molecule has 2 nitrogen and oxygen atoms in total. The van der Waals surface area contributed by atoms with Gasteiger partial charge in [0, 0.05) is 10.8 Å². The van der Waals surface area contributed by atoms with E-state index in [2.05, 4.69) is 18.2 Å². The molecule has 0 amide bonds. The number of ether oxygens (including phenoxy) is 1. The molecular weight excluding hydrogens is 260 g/mol. The average molecular weight is 274 g/mol. The minimum absolute atomic E-state index is 0.572. The third-order valence-electron chi connectivity index (χ3n) is 3.60. The minimum atomic E-state index is 0.572. The van der Waals surface area contributed by atoms with Crippen LogP contribution >= 0.6 is 0 Å². The topological polar surface area (TPSA) is 22.4 Å². The highest BCUT2D eigenvalue weighted by Crippen LogP contribution is 2.31. The number of hydrogen-bond acceptors (Lipinski definition) is 2. The maximum atomic E-state index is 5.88. The lowest BCUT2D eigenvalue weighted by atomic mass is 10.1. The number of rotatable bonds is 3. The van der Waals surface area contributed by atoms with Gasteiger partial charge in [-0.3, -0.25) is 0 Å². The molecule has 0 fully saturated rings. The van der Waals surface area contributed by atoms with Crippen LogP contribution in [0.25, 0.3) is 21.9 Å². The van der Waals surface area contributed by atoms with Gasteiger partial charge in [0.05, 0.1) is 0 Å². The standard InChI is InChI=1S/C19H14O2/c1-2-6-14(7-3-1)13-20-15-10-11-19-17(12-15)16-8-4-5-9-18(16)21-19/h1-12H,13H2. The van der Waals surface area contributed by atoms with Crippen molar-refractivity contribution >= 4 is 21.9 Å². The number of fused-ring (bicyclic) bond motifs is 3. The van der Waals surface area contributed by atoms with Crippen LogP contribution in [0.1, 0.15) is 5.56 Å². The molecule has 0 aliphatic heterocycles. The lowest BCUT2D eigenvalue weighted by molar-refractivity contribution is 0.306. The van der Waals surface area contributed by atoms with Crippen LogP contribution in [0.15, 0.2) is 77.2 Å². The fraction of sp³-hybridized carbons (Fsp3) is 0.0526. The van der Waals surface area contributed by atoms with Crippen LogP contribution in [0.3, 0.4) is 0 Å². The minimum Gasteiger partial charge on any atom is -0.489 e. The second kappa shape index (κ2) is 4.98. The Morgan fingerprint density at radius 3 is 2.38 bits per heavy atom. The molecule has 0 saturated heterocycles. The maximum Gasteiger partial charge on any atom is 0.135 e. The smallest absolute Gasteiger partial charge is 0.135 e. The van der Waals surface area contributed by atoms with Gasteiger partial charge in [-0.05, 0) is 29.8 Å². The molecule has 0 radical (unpaired) electrons. The summed E-state index contributed by atoms with van der Waals surface area (Å²) in [6.07, 6.45) is 0. The molecule has 1 aromatic heterocycles. The Labute approximate surface area is 122 Å². The van der Waals surface area contributed by atoms with Crippen LogP contribution in [0.4, 0.5) is 0 Å². The molecule has 0 aliphatic rings. The molecule has 3 aromatic carbocycles. The first-order valence-corrected chi connectivity index (χ1v) is 6.98. The van der Waals surface area contributed by atoms with Crippen LogP contribution in [-0.4, -0.2) is 0 Å². The van der Waals surface area contributed by atoms with Crippen LogP contribution in [-0.2, 0) is 6.61 Å². The summed E-state index contributed by atoms with van der Waals surface area (Å²) in [6, 6.07) is 24.2. The summed E-state index contributed by atoms with van der Waals surface area (Å²) in [4.78, 5) is 0. The molecule has 0 aliphatic carbocycles. The lowest BCUT2D eigenvalue weighted by Gasteiger charge is -2.06. The summed E-state index contributed by atoms with van der Waals surface area (Å²) >= 11 is 0. The van der Waals surface area contributed by atoms with Gasteiger partial charge in [-0.25, -0.2) is 0 Å². The van der Waals surface area contributed by atoms with Gasteiger partial charge in [0.15, 0.2) is 0 Å². The van der Waals surface area contributed by atoms with Gasteiger partial charge in [-0.2, -0.15) is 0 Å². The van der Waals surface area contributed by atoms with E-state index < -0.39 is 0 Å². The number of hydrogen-bond donors (Lipinski definition) is 0. The summed E-state index contributed by atoms with van der Waals surface area (Å²) in [5.41, 5.74) is 2.96. The van der Waals surface area contributed by atoms with E-state index in [1.54, 1.807) is 0 Å². The van der Waals surface area contributed by atoms with E-state index in [0.717, 1.165) is 33.3 Å². The van der Waals surface area contributed by atoms with E-state index in [0.29, 0.717) is 6.61 Å². The molecule has 0 saturated carbocycles. The van der Waals surface area contributed by atoms with Crippen LogP contribution in [0.5, 0.6) is 5.75 Å². The quantitative estimate of drug-likeness (QED) is 0.514. The second-order valence-corrected chi connectivity index (χ2v) is 5.03. The van der Waals surface area contributed by atoms with Crippen molar-refractivity contribution in [1.82, 2.24) is 0 Å². The molecule has 102 valence electrons. The summed E-state index contributed by atoms with van der Waals surface area (Å²) in [6.45, 7) is 0.572. The van der Waals surface area contributed by atoms with Crippen molar-refractivity contribution in [2.75, 3.05) is 0 Å². The fourth-order valence-electron chi connectivity index (χ4n) is 2.54. The van der Waals surface area contributed by atoms with E-state index in [4.69, 9.17) is 9.15 Å². The SMILES string of the molecule is c1ccc(COc2ccc3oc4ccccc4c3c2)cc1. The zero-order valence-corrected chi connectivity index (χ0v) is 11.5. The molecule has 4 rings (SSSR count). The van der Waals surface area contributed by atoms with E-state index in [1.807, 2.05) is 54.6 Å². The molecule has 2 heteroatoms. The Morgan fingerprint density at radius 1 is 0.714 bits per heavy atom. The molecular formula is C19H14O2. The van der Waals surface area contributed by atoms with Gasteiger partial charge in [0.25, 0.3) is 0 Å². The molecule has 4 aromatic rings. The van der Waals surface area contributed by atoms with Gasteiger partial charge in [-0.15, -0.1) is 0 Å². The zero-order chi connectivity index (χ0) is 14.1. The molecule has 0 N–H and O–H groups in total. The number of para-hydroxylation sites is 1. The predicted molar refractivity (Wildman–Crippen MR) is 84.5 cm³/mol. The zero-order valence-electron chi connectivity index (χ0n) is 11.5. The first-order chi connectivity index (χ1) is 10.4. The highest BCUT2D eigenvalue weighted by Gasteiger charge is 2.07. The van der Waals surface area contributed by atoms with E-state index >= 15 is 0 Å². The van der Waals surface area contributed by atoms with Gasteiger partial charge < -0.3 is 9.15 Å². The summed E-state index contributed by atoms with van der Waals surface area (Å²) in [7, 11) is 0. The highest BCUT2D eigenvalue weighted by molar-refractivity contribution is 6.05. The van der Waals surface area contributed by atoms with E-state index in [9.17, 15) is 0 Å². The Hall–Kier alpha value is -2.74. The summed E-state index contributed by atoms with van der Waals surface area (Å²) in [5.74, 6) is 0.859. The third-order valence-corrected chi connectivity index (χ3v) is 3.60. The van der Waals surface area contributed by atoms with Gasteiger partial charge in [0.1, 0.15) is 23.5 Å². The van der Waals surface area contributed by atoms with Gasteiger partial charge in [0.2, 0.25) is 0 Å². The van der Waals surface area contributed by atoms with Crippen molar-refractivity contribution < 1.29 is 9.15 Å². The highest BCUT2D eigenvalue weighted by atomic mass is 16.5. The monoisotopic (exact) mass is 274 g/mol. The van der Waals surface area contributed by atoms with Crippen molar-refractivity contribution in [2.24, 2.45) is 0 Å². The van der Waals surface area contributed by atoms with E-state index in [1.165, 1.54) is 0 Å². The van der Waals surface area contributed by atoms with Gasteiger partial charge >= 0.3 is 0 Å². The summed E-state index contributed by atoms with van der Waals surface area (Å²) in [5, 5.41) is 2.22. The fourth-order valence-corrected chi connectivity index (χ4v) is 2.54. The molecule has 0 atom stereocenters. The molecule has 1 heterocycles. The van der Waals surface area contributed by atoms with Crippen molar-refractivity contribution in [3.63, 3.8) is 0 Å². The summed E-state index contributed by atoms with van der Waals surface area (Å²) < 4.78 is 11.7. The van der Waals surface area contributed by atoms with Crippen molar-refractivity contribution in [3.05, 3.63) is 78.4 Å². The van der Waals surface area contributed by atoms with Crippen LogP contribution in [0.2, 0.25) is 0 Å². The first-order valence-electron chi connectivity index (χ1n) is 6.98. The molecule has 21 heavy (non-hydrogen) atoms. The van der Waals surface area contributed by atoms with Crippen molar-refractivity contribution in [1.29, 1.82) is 0 Å². The Balaban J connectivity index is 1.68. The molecule has 0 spiro atoms. The molecule has 0 bridgehead atoms. The van der Waals surface area contributed by atoms with Crippen LogP contribution < -0.4 is 4.74 Å². The van der Waals surface area contributed by atoms with Crippen LogP contribution in [0, 0.1) is 0 Å². The average Bonchev–Trinajstić information content (AvgIpc) is 2.92. The third kappa shape index (κ3) is 2.25. The largest absolute Gasteiger partial charge is 0.489 e. The Kier molecular flexibility index (Phi) is 2.86. The molecule has 0 unspecified atom stereocenters.